The summed E-state index contributed by atoms with van der Waals surface area (Å²) >= 11 is 0. The van der Waals surface area contributed by atoms with Gasteiger partial charge in [0.2, 0.25) is 5.69 Å². The van der Waals surface area contributed by atoms with Gasteiger partial charge in [-0.25, -0.2) is 4.63 Å². The van der Waals surface area contributed by atoms with E-state index in [4.69, 9.17) is 10.4 Å². The molecule has 0 atom stereocenters. The monoisotopic (exact) mass is 125 g/mol. The van der Waals surface area contributed by atoms with Crippen molar-refractivity contribution in [2.24, 2.45) is 0 Å². The number of nitriles is 1. The summed E-state index contributed by atoms with van der Waals surface area (Å²) < 4.78 is 4.14. The summed E-state index contributed by atoms with van der Waals surface area (Å²) in [5.41, 5.74) is 0.218. The summed E-state index contributed by atoms with van der Waals surface area (Å²) in [5, 5.41) is 23.1. The minimum atomic E-state index is -0.313. The number of aliphatic hydroxyl groups excluding tert-OH is 1. The lowest BCUT2D eigenvalue weighted by molar-refractivity contribution is 0.254. The summed E-state index contributed by atoms with van der Waals surface area (Å²) in [4.78, 5) is 0. The Balaban J connectivity index is 3.02. The van der Waals surface area contributed by atoms with Crippen molar-refractivity contribution in [1.82, 2.24) is 10.3 Å². The highest BCUT2D eigenvalue weighted by molar-refractivity contribution is 5.21. The molecule has 5 heteroatoms. The molecule has 0 aliphatic carbocycles. The third-order valence-corrected chi connectivity index (χ3v) is 0.812. The van der Waals surface area contributed by atoms with Crippen molar-refractivity contribution in [2.75, 3.05) is 0 Å². The number of hydrogen-bond donors (Lipinski definition) is 1. The standard InChI is InChI=1S/C4H3N3O2/c5-1-3-4(2-8)7-9-6-3/h8H,2H2. The van der Waals surface area contributed by atoms with Gasteiger partial charge in [-0.2, -0.15) is 5.26 Å². The van der Waals surface area contributed by atoms with Gasteiger partial charge >= 0.3 is 0 Å². The second kappa shape index (κ2) is 2.24. The van der Waals surface area contributed by atoms with Crippen LogP contribution in [0.15, 0.2) is 4.63 Å². The average molecular weight is 125 g/mol. The normalized spacial score (nSPS) is 8.89. The molecule has 0 radical (unpaired) electrons. The molecule has 0 bridgehead atoms. The predicted octanol–water partition coefficient (Wildman–Crippen LogP) is -0.566. The van der Waals surface area contributed by atoms with Crippen LogP contribution in [0.5, 0.6) is 0 Å². The molecule has 5 nitrogen and oxygen atoms in total. The first-order valence-corrected chi connectivity index (χ1v) is 2.21. The van der Waals surface area contributed by atoms with E-state index in [9.17, 15) is 0 Å². The van der Waals surface area contributed by atoms with Gasteiger partial charge in [0.15, 0.2) is 0 Å². The first-order chi connectivity index (χ1) is 4.38. The van der Waals surface area contributed by atoms with Crippen molar-refractivity contribution in [3.05, 3.63) is 11.4 Å². The Morgan fingerprint density at radius 2 is 2.44 bits per heavy atom. The fourth-order valence-electron chi connectivity index (χ4n) is 0.395. The second-order valence-electron chi connectivity index (χ2n) is 1.33. The number of nitrogens with zero attached hydrogens (tertiary/aromatic N) is 3. The van der Waals surface area contributed by atoms with Crippen LogP contribution in [0.25, 0.3) is 0 Å². The van der Waals surface area contributed by atoms with E-state index in [1.807, 2.05) is 0 Å². The van der Waals surface area contributed by atoms with Gasteiger partial charge in [0, 0.05) is 0 Å². The lowest BCUT2D eigenvalue weighted by Gasteiger charge is -1.78. The molecule has 0 fully saturated rings. The Morgan fingerprint density at radius 1 is 1.67 bits per heavy atom. The molecule has 1 rings (SSSR count). The molecular weight excluding hydrogens is 122 g/mol. The third-order valence-electron chi connectivity index (χ3n) is 0.812. The van der Waals surface area contributed by atoms with Crippen LogP contribution in [-0.4, -0.2) is 15.4 Å². The maximum atomic E-state index is 8.42. The molecule has 1 aromatic heterocycles. The van der Waals surface area contributed by atoms with E-state index in [0.717, 1.165) is 0 Å². The lowest BCUT2D eigenvalue weighted by atomic mass is 10.4. The molecule has 9 heavy (non-hydrogen) atoms. The van der Waals surface area contributed by atoms with Gasteiger partial charge in [0.1, 0.15) is 11.8 Å². The molecule has 0 saturated heterocycles. The van der Waals surface area contributed by atoms with Crippen LogP contribution < -0.4 is 0 Å². The molecule has 1 heterocycles. The Hall–Kier alpha value is -1.41. The fourth-order valence-corrected chi connectivity index (χ4v) is 0.395. The van der Waals surface area contributed by atoms with E-state index < -0.39 is 0 Å². The number of rotatable bonds is 1. The van der Waals surface area contributed by atoms with Gasteiger partial charge in [-0.15, -0.1) is 0 Å². The van der Waals surface area contributed by atoms with E-state index in [1.165, 1.54) is 0 Å². The molecule has 0 unspecified atom stereocenters. The molecule has 0 spiro atoms. The minimum Gasteiger partial charge on any atom is -0.390 e. The van der Waals surface area contributed by atoms with Crippen molar-refractivity contribution < 1.29 is 9.74 Å². The fraction of sp³-hybridized carbons (Fsp3) is 0.250. The summed E-state index contributed by atoms with van der Waals surface area (Å²) in [6, 6.07) is 1.70. The molecular formula is C4H3N3O2. The molecule has 46 valence electrons. The van der Waals surface area contributed by atoms with Crippen molar-refractivity contribution in [3.63, 3.8) is 0 Å². The van der Waals surface area contributed by atoms with Crippen LogP contribution in [-0.2, 0) is 6.61 Å². The van der Waals surface area contributed by atoms with Gasteiger partial charge in [-0.1, -0.05) is 5.16 Å². The van der Waals surface area contributed by atoms with E-state index in [1.54, 1.807) is 6.07 Å². The Kier molecular flexibility index (Phi) is 1.42. The molecule has 0 aliphatic heterocycles. The zero-order chi connectivity index (χ0) is 6.69. The lowest BCUT2D eigenvalue weighted by Crippen LogP contribution is -1.85. The first-order valence-electron chi connectivity index (χ1n) is 2.21. The Morgan fingerprint density at radius 3 is 2.89 bits per heavy atom. The highest BCUT2D eigenvalue weighted by atomic mass is 16.6. The van der Waals surface area contributed by atoms with E-state index in [-0.39, 0.29) is 18.0 Å². The van der Waals surface area contributed by atoms with Crippen LogP contribution in [0.3, 0.4) is 0 Å². The van der Waals surface area contributed by atoms with Crippen LogP contribution in [0, 0.1) is 11.3 Å². The van der Waals surface area contributed by atoms with E-state index in [0.29, 0.717) is 0 Å². The van der Waals surface area contributed by atoms with Crippen LogP contribution >= 0.6 is 0 Å². The van der Waals surface area contributed by atoms with Gasteiger partial charge in [0.25, 0.3) is 0 Å². The number of hydrogen-bond acceptors (Lipinski definition) is 5. The highest BCUT2D eigenvalue weighted by Crippen LogP contribution is 1.98. The Bertz CT molecular complexity index is 236. The third kappa shape index (κ3) is 0.876. The zero-order valence-corrected chi connectivity index (χ0v) is 4.40. The predicted molar refractivity (Wildman–Crippen MR) is 24.9 cm³/mol. The van der Waals surface area contributed by atoms with Gasteiger partial charge in [0.05, 0.1) is 6.61 Å². The van der Waals surface area contributed by atoms with Crippen molar-refractivity contribution in [3.8, 4) is 6.07 Å². The summed E-state index contributed by atoms with van der Waals surface area (Å²) in [7, 11) is 0. The summed E-state index contributed by atoms with van der Waals surface area (Å²) in [6.07, 6.45) is 0. The van der Waals surface area contributed by atoms with Gasteiger partial charge in [-0.3, -0.25) is 0 Å². The maximum Gasteiger partial charge on any atom is 0.210 e. The van der Waals surface area contributed by atoms with Crippen LogP contribution in [0.4, 0.5) is 0 Å². The van der Waals surface area contributed by atoms with Crippen molar-refractivity contribution in [1.29, 1.82) is 5.26 Å². The average Bonchev–Trinajstić information content (AvgIpc) is 2.33. The Labute approximate surface area is 50.5 Å². The molecule has 1 N–H and O–H groups in total. The van der Waals surface area contributed by atoms with Gasteiger partial charge < -0.3 is 5.11 Å². The van der Waals surface area contributed by atoms with Crippen LogP contribution in [0.1, 0.15) is 11.4 Å². The van der Waals surface area contributed by atoms with Gasteiger partial charge in [-0.05, 0) is 5.16 Å². The minimum absolute atomic E-state index is 0.0394. The largest absolute Gasteiger partial charge is 0.390 e. The first kappa shape index (κ1) is 5.72. The second-order valence-corrected chi connectivity index (χ2v) is 1.33. The smallest absolute Gasteiger partial charge is 0.210 e. The molecule has 0 amide bonds. The topological polar surface area (TPSA) is 82.9 Å². The SMILES string of the molecule is N#Cc1nonc1CO. The molecule has 0 aromatic carbocycles. The van der Waals surface area contributed by atoms with E-state index >= 15 is 0 Å². The van der Waals surface area contributed by atoms with Crippen LogP contribution in [0.2, 0.25) is 0 Å². The quantitative estimate of drug-likeness (QED) is 0.543. The number of aromatic nitrogens is 2. The molecule has 1 aromatic rings. The molecule has 0 aliphatic rings. The highest BCUT2D eigenvalue weighted by Gasteiger charge is 2.05. The van der Waals surface area contributed by atoms with Crippen molar-refractivity contribution in [2.45, 2.75) is 6.61 Å². The summed E-state index contributed by atoms with van der Waals surface area (Å²) in [5.74, 6) is 0. The molecule has 0 saturated carbocycles. The zero-order valence-electron chi connectivity index (χ0n) is 4.40. The number of aliphatic hydroxyl groups is 1. The summed E-state index contributed by atoms with van der Waals surface area (Å²) in [6.45, 7) is -0.313. The van der Waals surface area contributed by atoms with E-state index in [2.05, 4.69) is 14.9 Å². The van der Waals surface area contributed by atoms with Crippen molar-refractivity contribution >= 4 is 0 Å². The maximum absolute atomic E-state index is 8.42.